The first-order chi connectivity index (χ1) is 5.24. The van der Waals surface area contributed by atoms with Gasteiger partial charge >= 0.3 is 0 Å². The SMILES string of the molecule is CN(C)N1C=C(C=O)N=CC1. The number of hydrazine groups is 1. The molecule has 1 rings (SSSR count). The van der Waals surface area contributed by atoms with Gasteiger partial charge in [0.15, 0.2) is 6.29 Å². The third-order valence-electron chi connectivity index (χ3n) is 1.42. The molecule has 0 atom stereocenters. The number of carbonyl (C=O) groups excluding carboxylic acids is 1. The lowest BCUT2D eigenvalue weighted by atomic mass is 10.4. The molecule has 11 heavy (non-hydrogen) atoms. The highest BCUT2D eigenvalue weighted by Crippen LogP contribution is 2.02. The summed E-state index contributed by atoms with van der Waals surface area (Å²) in [5.74, 6) is 0. The van der Waals surface area contributed by atoms with E-state index in [-0.39, 0.29) is 0 Å². The maximum absolute atomic E-state index is 10.3. The van der Waals surface area contributed by atoms with Gasteiger partial charge in [0.2, 0.25) is 0 Å². The lowest BCUT2D eigenvalue weighted by molar-refractivity contribution is -0.105. The first-order valence-electron chi connectivity index (χ1n) is 3.37. The number of nitrogens with zero attached hydrogens (tertiary/aromatic N) is 3. The second-order valence-electron chi connectivity index (χ2n) is 2.45. The van der Waals surface area contributed by atoms with Crippen molar-refractivity contribution in [3.05, 3.63) is 11.9 Å². The molecule has 0 aromatic rings. The molecule has 4 heteroatoms. The van der Waals surface area contributed by atoms with Crippen molar-refractivity contribution >= 4 is 12.5 Å². The molecule has 0 saturated heterocycles. The molecule has 0 fully saturated rings. The summed E-state index contributed by atoms with van der Waals surface area (Å²) in [4.78, 5) is 14.2. The fraction of sp³-hybridized carbons (Fsp3) is 0.429. The molecule has 60 valence electrons. The molecule has 0 aromatic carbocycles. The minimum atomic E-state index is 0.463. The zero-order chi connectivity index (χ0) is 8.27. The smallest absolute Gasteiger partial charge is 0.169 e. The zero-order valence-corrected chi connectivity index (χ0v) is 6.69. The van der Waals surface area contributed by atoms with Crippen molar-refractivity contribution in [2.75, 3.05) is 20.6 Å². The summed E-state index contributed by atoms with van der Waals surface area (Å²) in [5.41, 5.74) is 0.463. The minimum absolute atomic E-state index is 0.463. The largest absolute Gasteiger partial charge is 0.306 e. The topological polar surface area (TPSA) is 35.9 Å². The van der Waals surface area contributed by atoms with E-state index in [1.807, 2.05) is 24.1 Å². The lowest BCUT2D eigenvalue weighted by Gasteiger charge is -2.27. The third-order valence-corrected chi connectivity index (χ3v) is 1.42. The van der Waals surface area contributed by atoms with Crippen LogP contribution in [0.4, 0.5) is 0 Å². The summed E-state index contributed by atoms with van der Waals surface area (Å²) >= 11 is 0. The van der Waals surface area contributed by atoms with Crippen LogP contribution in [-0.4, -0.2) is 43.2 Å². The molecular weight excluding hydrogens is 142 g/mol. The molecular formula is C7H11N3O. The van der Waals surface area contributed by atoms with Crippen LogP contribution in [-0.2, 0) is 4.79 Å². The molecule has 0 spiro atoms. The van der Waals surface area contributed by atoms with E-state index in [0.29, 0.717) is 5.70 Å². The highest BCUT2D eigenvalue weighted by Gasteiger charge is 2.06. The summed E-state index contributed by atoms with van der Waals surface area (Å²) in [7, 11) is 3.83. The summed E-state index contributed by atoms with van der Waals surface area (Å²) in [6.45, 7) is 0.727. The molecule has 0 aliphatic carbocycles. The van der Waals surface area contributed by atoms with Crippen molar-refractivity contribution in [3.8, 4) is 0 Å². The van der Waals surface area contributed by atoms with Gasteiger partial charge in [-0.25, -0.2) is 5.01 Å². The Balaban J connectivity index is 2.68. The number of aliphatic imine (C=N–C) groups is 1. The molecule has 0 aromatic heterocycles. The third kappa shape index (κ3) is 1.88. The molecule has 0 N–H and O–H groups in total. The summed E-state index contributed by atoms with van der Waals surface area (Å²) < 4.78 is 0. The second-order valence-corrected chi connectivity index (χ2v) is 2.45. The standard InChI is InChI=1S/C7H11N3O/c1-9(2)10-4-3-8-7(5-10)6-11/h3,5-6H,4H2,1-2H3. The number of aldehydes is 1. The Hall–Kier alpha value is -1.16. The molecule has 0 unspecified atom stereocenters. The quantitative estimate of drug-likeness (QED) is 0.519. The number of hydrogen-bond acceptors (Lipinski definition) is 4. The number of allylic oxidation sites excluding steroid dienone is 1. The Morgan fingerprint density at radius 3 is 3.00 bits per heavy atom. The van der Waals surface area contributed by atoms with Gasteiger partial charge in [0, 0.05) is 26.5 Å². The van der Waals surface area contributed by atoms with E-state index in [0.717, 1.165) is 12.8 Å². The average molecular weight is 153 g/mol. The fourth-order valence-electron chi connectivity index (χ4n) is 0.808. The van der Waals surface area contributed by atoms with Gasteiger partial charge in [0.1, 0.15) is 5.70 Å². The van der Waals surface area contributed by atoms with Crippen molar-refractivity contribution in [3.63, 3.8) is 0 Å². The van der Waals surface area contributed by atoms with Crippen LogP contribution in [0, 0.1) is 0 Å². The van der Waals surface area contributed by atoms with E-state index in [1.54, 1.807) is 12.4 Å². The van der Waals surface area contributed by atoms with Crippen molar-refractivity contribution < 1.29 is 4.79 Å². The number of rotatable bonds is 2. The van der Waals surface area contributed by atoms with Gasteiger partial charge in [-0.1, -0.05) is 0 Å². The summed E-state index contributed by atoms with van der Waals surface area (Å²) in [6, 6.07) is 0. The predicted octanol–water partition coefficient (Wildman–Crippen LogP) is -0.110. The van der Waals surface area contributed by atoms with Crippen LogP contribution in [0.2, 0.25) is 0 Å². The van der Waals surface area contributed by atoms with E-state index in [2.05, 4.69) is 4.99 Å². The van der Waals surface area contributed by atoms with Crippen LogP contribution in [0.15, 0.2) is 16.9 Å². The van der Waals surface area contributed by atoms with E-state index >= 15 is 0 Å². The molecule has 4 nitrogen and oxygen atoms in total. The van der Waals surface area contributed by atoms with Gasteiger partial charge in [-0.3, -0.25) is 9.79 Å². The van der Waals surface area contributed by atoms with Gasteiger partial charge in [-0.15, -0.1) is 0 Å². The van der Waals surface area contributed by atoms with Crippen LogP contribution in [0.3, 0.4) is 0 Å². The monoisotopic (exact) mass is 153 g/mol. The average Bonchev–Trinajstić information content (AvgIpc) is 2.05. The molecule has 0 saturated carbocycles. The Kier molecular flexibility index (Phi) is 2.38. The van der Waals surface area contributed by atoms with Crippen LogP contribution < -0.4 is 0 Å². The van der Waals surface area contributed by atoms with Crippen molar-refractivity contribution in [2.45, 2.75) is 0 Å². The van der Waals surface area contributed by atoms with E-state index in [9.17, 15) is 4.79 Å². The molecule has 1 heterocycles. The molecule has 1 aliphatic rings. The molecule has 0 bridgehead atoms. The van der Waals surface area contributed by atoms with Gasteiger partial charge in [0.05, 0.1) is 6.54 Å². The fourth-order valence-corrected chi connectivity index (χ4v) is 0.808. The summed E-state index contributed by atoms with van der Waals surface area (Å²) in [6.07, 6.45) is 4.17. The lowest BCUT2D eigenvalue weighted by Crippen LogP contribution is -2.35. The first-order valence-corrected chi connectivity index (χ1v) is 3.37. The second kappa shape index (κ2) is 3.30. The predicted molar refractivity (Wildman–Crippen MR) is 43.0 cm³/mol. The number of carbonyl (C=O) groups is 1. The van der Waals surface area contributed by atoms with Crippen LogP contribution in [0.1, 0.15) is 0 Å². The molecule has 0 radical (unpaired) electrons. The van der Waals surface area contributed by atoms with E-state index in [1.165, 1.54) is 0 Å². The van der Waals surface area contributed by atoms with Gasteiger partial charge in [-0.2, -0.15) is 0 Å². The summed E-state index contributed by atoms with van der Waals surface area (Å²) in [5, 5.41) is 3.80. The normalized spacial score (nSPS) is 17.0. The highest BCUT2D eigenvalue weighted by atomic mass is 16.1. The highest BCUT2D eigenvalue weighted by molar-refractivity contribution is 5.78. The van der Waals surface area contributed by atoms with E-state index in [4.69, 9.17) is 0 Å². The van der Waals surface area contributed by atoms with Gasteiger partial charge in [-0.05, 0) is 0 Å². The van der Waals surface area contributed by atoms with Crippen molar-refractivity contribution in [2.24, 2.45) is 4.99 Å². The van der Waals surface area contributed by atoms with Crippen molar-refractivity contribution in [1.82, 2.24) is 10.0 Å². The van der Waals surface area contributed by atoms with Gasteiger partial charge in [0.25, 0.3) is 0 Å². The minimum Gasteiger partial charge on any atom is -0.306 e. The Morgan fingerprint density at radius 2 is 2.45 bits per heavy atom. The first kappa shape index (κ1) is 7.94. The zero-order valence-electron chi connectivity index (χ0n) is 6.69. The van der Waals surface area contributed by atoms with Crippen LogP contribution in [0.25, 0.3) is 0 Å². The maximum Gasteiger partial charge on any atom is 0.169 e. The molecule has 0 amide bonds. The Bertz CT molecular complexity index is 208. The van der Waals surface area contributed by atoms with Crippen LogP contribution >= 0.6 is 0 Å². The Morgan fingerprint density at radius 1 is 1.73 bits per heavy atom. The number of hydrogen-bond donors (Lipinski definition) is 0. The maximum atomic E-state index is 10.3. The van der Waals surface area contributed by atoms with Crippen LogP contribution in [0.5, 0.6) is 0 Å². The Labute approximate surface area is 65.8 Å². The van der Waals surface area contributed by atoms with E-state index < -0.39 is 0 Å². The van der Waals surface area contributed by atoms with Crippen molar-refractivity contribution in [1.29, 1.82) is 0 Å². The molecule has 1 aliphatic heterocycles. The van der Waals surface area contributed by atoms with Gasteiger partial charge < -0.3 is 5.01 Å².